The van der Waals surface area contributed by atoms with Gasteiger partial charge < -0.3 is 10.7 Å². The third-order valence-electron chi connectivity index (χ3n) is 5.80. The van der Waals surface area contributed by atoms with Crippen LogP contribution in [0.3, 0.4) is 0 Å². The normalized spacial score (nSPS) is 12.5. The lowest BCUT2D eigenvalue weighted by atomic mass is 10.1. The summed E-state index contributed by atoms with van der Waals surface area (Å²) in [5.41, 5.74) is 9.73. The molecule has 0 aliphatic carbocycles. The molecule has 6 aromatic heterocycles. The van der Waals surface area contributed by atoms with Crippen LogP contribution in [-0.2, 0) is 7.05 Å². The third-order valence-corrected chi connectivity index (χ3v) is 5.80. The van der Waals surface area contributed by atoms with E-state index in [1.54, 1.807) is 52.5 Å². The van der Waals surface area contributed by atoms with Crippen LogP contribution in [0.15, 0.2) is 54.2 Å². The van der Waals surface area contributed by atoms with Crippen LogP contribution in [-0.4, -0.2) is 54.5 Å². The van der Waals surface area contributed by atoms with Crippen molar-refractivity contribution in [1.82, 2.24) is 54.5 Å². The summed E-state index contributed by atoms with van der Waals surface area (Å²) in [6, 6.07) is 3.02. The van der Waals surface area contributed by atoms with Gasteiger partial charge in [0.05, 0.1) is 35.5 Å². The van der Waals surface area contributed by atoms with Crippen molar-refractivity contribution in [2.45, 2.75) is 13.0 Å². The smallest absolute Gasteiger partial charge is 0.273 e. The van der Waals surface area contributed by atoms with Gasteiger partial charge in [0, 0.05) is 30.4 Å². The molecular weight excluding hydrogens is 436 g/mol. The van der Waals surface area contributed by atoms with Crippen LogP contribution >= 0.6 is 0 Å². The standard InChI is InChI=1S/C21H18N12O/c1-11(14-9-32(30-28-14)15-4-3-5-24-21(15)34)33-20-17(19(22)25-10-26-20)18(29-33)13-6-23-8-16-12(13)7-27-31(16)2/h3-11H,1-2H3,(H,24,34)(H2,22,25,26). The predicted molar refractivity (Wildman–Crippen MR) is 123 cm³/mol. The average molecular weight is 454 g/mol. The number of aromatic amines is 1. The highest BCUT2D eigenvalue weighted by molar-refractivity contribution is 6.04. The minimum absolute atomic E-state index is 0.268. The molecule has 0 amide bonds. The van der Waals surface area contributed by atoms with Gasteiger partial charge in [0.15, 0.2) is 5.65 Å². The molecule has 0 saturated heterocycles. The SMILES string of the molecule is CC(c1cn(-c2ccc[nH]c2=O)nn1)n1nc(-c2cncc3c2cnn3C)c2c(N)ncnc21. The Morgan fingerprint density at radius 1 is 1.18 bits per heavy atom. The predicted octanol–water partition coefficient (Wildman–Crippen LogP) is 1.24. The lowest BCUT2D eigenvalue weighted by Gasteiger charge is -2.09. The molecule has 34 heavy (non-hydrogen) atoms. The van der Waals surface area contributed by atoms with Gasteiger partial charge in [-0.2, -0.15) is 10.2 Å². The molecule has 13 nitrogen and oxygen atoms in total. The van der Waals surface area contributed by atoms with Gasteiger partial charge >= 0.3 is 0 Å². The van der Waals surface area contributed by atoms with Crippen molar-refractivity contribution >= 4 is 27.8 Å². The van der Waals surface area contributed by atoms with Crippen LogP contribution in [0.5, 0.6) is 0 Å². The largest absolute Gasteiger partial charge is 0.383 e. The van der Waals surface area contributed by atoms with Crippen LogP contribution in [0, 0.1) is 0 Å². The maximum Gasteiger partial charge on any atom is 0.273 e. The second kappa shape index (κ2) is 7.30. The van der Waals surface area contributed by atoms with Gasteiger partial charge in [0.1, 0.15) is 29.2 Å². The quantitative estimate of drug-likeness (QED) is 0.399. The van der Waals surface area contributed by atoms with Gasteiger partial charge in [-0.1, -0.05) is 5.21 Å². The maximum atomic E-state index is 12.1. The molecule has 0 aliphatic heterocycles. The number of rotatable bonds is 4. The molecule has 6 rings (SSSR count). The molecule has 1 atom stereocenters. The minimum Gasteiger partial charge on any atom is -0.383 e. The van der Waals surface area contributed by atoms with Crippen molar-refractivity contribution in [3.05, 3.63) is 65.5 Å². The van der Waals surface area contributed by atoms with Crippen LogP contribution in [0.1, 0.15) is 18.7 Å². The molecule has 13 heteroatoms. The van der Waals surface area contributed by atoms with Crippen molar-refractivity contribution in [1.29, 1.82) is 0 Å². The summed E-state index contributed by atoms with van der Waals surface area (Å²) in [6.07, 6.45) is 9.89. The number of aromatic nitrogens is 11. The first-order valence-electron chi connectivity index (χ1n) is 10.4. The number of nitrogens with one attached hydrogen (secondary N) is 1. The van der Waals surface area contributed by atoms with E-state index in [2.05, 4.69) is 35.3 Å². The summed E-state index contributed by atoms with van der Waals surface area (Å²) >= 11 is 0. The van der Waals surface area contributed by atoms with E-state index in [0.29, 0.717) is 33.9 Å². The topological polar surface area (TPSA) is 164 Å². The lowest BCUT2D eigenvalue weighted by Crippen LogP contribution is -2.13. The van der Waals surface area contributed by atoms with E-state index in [4.69, 9.17) is 10.8 Å². The third kappa shape index (κ3) is 2.87. The van der Waals surface area contributed by atoms with Gasteiger partial charge in [-0.05, 0) is 19.1 Å². The van der Waals surface area contributed by atoms with Crippen LogP contribution < -0.4 is 11.3 Å². The fourth-order valence-electron chi connectivity index (χ4n) is 4.01. The second-order valence-electron chi connectivity index (χ2n) is 7.79. The highest BCUT2D eigenvalue weighted by Gasteiger charge is 2.24. The minimum atomic E-state index is -0.372. The number of hydrogen-bond donors (Lipinski definition) is 2. The zero-order valence-corrected chi connectivity index (χ0v) is 18.2. The number of H-pyrrole nitrogens is 1. The van der Waals surface area contributed by atoms with Crippen molar-refractivity contribution < 1.29 is 0 Å². The number of nitrogens with zero attached hydrogens (tertiary/aromatic N) is 10. The van der Waals surface area contributed by atoms with E-state index < -0.39 is 0 Å². The highest BCUT2D eigenvalue weighted by Crippen LogP contribution is 2.35. The molecule has 0 spiro atoms. The second-order valence-corrected chi connectivity index (χ2v) is 7.79. The van der Waals surface area contributed by atoms with Crippen LogP contribution in [0.4, 0.5) is 5.82 Å². The number of pyridine rings is 2. The van der Waals surface area contributed by atoms with E-state index >= 15 is 0 Å². The summed E-state index contributed by atoms with van der Waals surface area (Å²) in [5.74, 6) is 0.304. The average Bonchev–Trinajstić information content (AvgIpc) is 3.57. The molecule has 0 fully saturated rings. The maximum absolute atomic E-state index is 12.1. The number of nitrogen functional groups attached to an aromatic ring is 1. The Morgan fingerprint density at radius 3 is 2.91 bits per heavy atom. The van der Waals surface area contributed by atoms with Crippen molar-refractivity contribution in [3.8, 4) is 16.9 Å². The number of aryl methyl sites for hydroxylation is 1. The van der Waals surface area contributed by atoms with Crippen LogP contribution in [0.25, 0.3) is 38.9 Å². The van der Waals surface area contributed by atoms with E-state index in [1.807, 2.05) is 14.0 Å². The molecular formula is C21H18N12O. The van der Waals surface area contributed by atoms with Gasteiger partial charge in [-0.25, -0.2) is 19.3 Å². The molecule has 168 valence electrons. The highest BCUT2D eigenvalue weighted by atomic mass is 16.1. The Bertz CT molecular complexity index is 1740. The van der Waals surface area contributed by atoms with Gasteiger partial charge in [-0.3, -0.25) is 14.5 Å². The fourth-order valence-corrected chi connectivity index (χ4v) is 4.01. The van der Waals surface area contributed by atoms with Gasteiger partial charge in [0.25, 0.3) is 5.56 Å². The van der Waals surface area contributed by atoms with Crippen molar-refractivity contribution in [3.63, 3.8) is 0 Å². The summed E-state index contributed by atoms with van der Waals surface area (Å²) < 4.78 is 4.90. The fraction of sp³-hybridized carbons (Fsp3) is 0.143. The molecule has 3 N–H and O–H groups in total. The molecule has 6 heterocycles. The van der Waals surface area contributed by atoms with Crippen molar-refractivity contribution in [2.75, 3.05) is 5.73 Å². The van der Waals surface area contributed by atoms with E-state index in [-0.39, 0.29) is 11.6 Å². The summed E-state index contributed by atoms with van der Waals surface area (Å²) in [7, 11) is 1.85. The Labute approximate surface area is 190 Å². The Balaban J connectivity index is 1.52. The first kappa shape index (κ1) is 19.7. The molecule has 0 radical (unpaired) electrons. The Kier molecular flexibility index (Phi) is 4.23. The van der Waals surface area contributed by atoms with Crippen molar-refractivity contribution in [2.24, 2.45) is 7.05 Å². The molecule has 1 unspecified atom stereocenters. The first-order valence-corrected chi connectivity index (χ1v) is 10.4. The zero-order valence-electron chi connectivity index (χ0n) is 18.2. The summed E-state index contributed by atoms with van der Waals surface area (Å²) in [6.45, 7) is 1.92. The lowest BCUT2D eigenvalue weighted by molar-refractivity contribution is 0.565. The zero-order chi connectivity index (χ0) is 23.4. The number of fused-ring (bicyclic) bond motifs is 2. The van der Waals surface area contributed by atoms with Gasteiger partial charge in [0.2, 0.25) is 0 Å². The van der Waals surface area contributed by atoms with Gasteiger partial charge in [-0.15, -0.1) is 5.10 Å². The molecule has 0 saturated carbocycles. The monoisotopic (exact) mass is 454 g/mol. The Hall–Kier alpha value is -4.94. The molecule has 0 aromatic carbocycles. The summed E-state index contributed by atoms with van der Waals surface area (Å²) in [5, 5.41) is 19.1. The van der Waals surface area contributed by atoms with Crippen LogP contribution in [0.2, 0.25) is 0 Å². The number of anilines is 1. The number of nitrogens with two attached hydrogens (primary N) is 1. The van der Waals surface area contributed by atoms with E-state index in [9.17, 15) is 4.79 Å². The molecule has 0 aliphatic rings. The molecule has 0 bridgehead atoms. The van der Waals surface area contributed by atoms with E-state index in [0.717, 1.165) is 16.5 Å². The number of hydrogen-bond acceptors (Lipinski definition) is 9. The Morgan fingerprint density at radius 2 is 2.06 bits per heavy atom. The first-order chi connectivity index (χ1) is 16.5. The molecule has 6 aromatic rings. The summed E-state index contributed by atoms with van der Waals surface area (Å²) in [4.78, 5) is 27.8. The van der Waals surface area contributed by atoms with E-state index in [1.165, 1.54) is 11.0 Å².